The van der Waals surface area contributed by atoms with Crippen LogP contribution in [0, 0.1) is 5.41 Å². The molecule has 0 aliphatic heterocycles. The predicted molar refractivity (Wildman–Crippen MR) is 59.4 cm³/mol. The first-order chi connectivity index (χ1) is 6.97. The average Bonchev–Trinajstić information content (AvgIpc) is 2.73. The van der Waals surface area contributed by atoms with Gasteiger partial charge in [0.25, 0.3) is 0 Å². The summed E-state index contributed by atoms with van der Waals surface area (Å²) >= 11 is 1.52. The first kappa shape index (κ1) is 9.55. The Kier molecular flexibility index (Phi) is 1.61. The number of fused-ring (bicyclic) bond motifs is 3. The highest BCUT2D eigenvalue weighted by Crippen LogP contribution is 2.61. The summed E-state index contributed by atoms with van der Waals surface area (Å²) in [4.78, 5) is 13.1. The summed E-state index contributed by atoms with van der Waals surface area (Å²) in [5, 5.41) is 12.3. The molecule has 2 aliphatic rings. The number of ketones is 1. The topological polar surface area (TPSA) is 37.3 Å². The summed E-state index contributed by atoms with van der Waals surface area (Å²) in [7, 11) is 0. The van der Waals surface area contributed by atoms with Crippen LogP contribution in [0.15, 0.2) is 11.4 Å². The van der Waals surface area contributed by atoms with Crippen LogP contribution in [-0.4, -0.2) is 16.5 Å². The molecule has 1 N–H and O–H groups in total. The first-order valence-corrected chi connectivity index (χ1v) is 6.19. The van der Waals surface area contributed by atoms with Crippen LogP contribution in [0.4, 0.5) is 0 Å². The van der Waals surface area contributed by atoms with Crippen molar-refractivity contribution in [3.8, 4) is 0 Å². The van der Waals surface area contributed by atoms with Gasteiger partial charge in [0.2, 0.25) is 0 Å². The number of rotatable bonds is 0. The fourth-order valence-corrected chi connectivity index (χ4v) is 4.41. The second-order valence-electron chi connectivity index (χ2n) is 5.24. The largest absolute Gasteiger partial charge is 0.390 e. The molecular weight excluding hydrogens is 208 g/mol. The minimum atomic E-state index is -0.712. The Balaban J connectivity index is 2.24. The van der Waals surface area contributed by atoms with E-state index in [0.29, 0.717) is 0 Å². The van der Waals surface area contributed by atoms with E-state index < -0.39 is 5.60 Å². The van der Waals surface area contributed by atoms with Gasteiger partial charge < -0.3 is 5.11 Å². The molecule has 15 heavy (non-hydrogen) atoms. The van der Waals surface area contributed by atoms with Gasteiger partial charge in [0.15, 0.2) is 5.78 Å². The van der Waals surface area contributed by atoms with Gasteiger partial charge in [-0.05, 0) is 36.8 Å². The number of Topliss-reactive ketones (excluding diaryl/α,β-unsaturated/α-hetero) is 1. The molecule has 3 atom stereocenters. The maximum Gasteiger partial charge on any atom is 0.179 e. The van der Waals surface area contributed by atoms with E-state index in [-0.39, 0.29) is 17.1 Å². The molecule has 1 aromatic heterocycles. The van der Waals surface area contributed by atoms with Gasteiger partial charge in [0.05, 0.1) is 10.5 Å². The van der Waals surface area contributed by atoms with Crippen molar-refractivity contribution in [1.29, 1.82) is 0 Å². The van der Waals surface area contributed by atoms with Crippen molar-refractivity contribution < 1.29 is 9.90 Å². The van der Waals surface area contributed by atoms with Gasteiger partial charge in [0, 0.05) is 11.3 Å². The van der Waals surface area contributed by atoms with Crippen LogP contribution in [0.1, 0.15) is 47.8 Å². The predicted octanol–water partition coefficient (Wildman–Crippen LogP) is 2.58. The smallest absolute Gasteiger partial charge is 0.179 e. The Morgan fingerprint density at radius 1 is 1.47 bits per heavy atom. The van der Waals surface area contributed by atoms with Crippen LogP contribution in [0.2, 0.25) is 0 Å². The molecule has 1 fully saturated rings. The fourth-order valence-electron chi connectivity index (χ4n) is 3.40. The molecule has 0 saturated heterocycles. The third-order valence-electron chi connectivity index (χ3n) is 4.14. The third-order valence-corrected chi connectivity index (χ3v) is 5.07. The zero-order valence-corrected chi connectivity index (χ0v) is 9.73. The molecule has 2 aliphatic carbocycles. The van der Waals surface area contributed by atoms with Crippen LogP contribution in [0.5, 0.6) is 0 Å². The molecule has 0 radical (unpaired) electrons. The van der Waals surface area contributed by atoms with Gasteiger partial charge in [-0.25, -0.2) is 0 Å². The van der Waals surface area contributed by atoms with Crippen LogP contribution in [0.3, 0.4) is 0 Å². The van der Waals surface area contributed by atoms with Gasteiger partial charge in [0.1, 0.15) is 0 Å². The fraction of sp³-hybridized carbons (Fsp3) is 0.583. The van der Waals surface area contributed by atoms with E-state index in [9.17, 15) is 9.90 Å². The average molecular weight is 222 g/mol. The quantitative estimate of drug-likeness (QED) is 0.732. The molecule has 3 unspecified atom stereocenters. The Hall–Kier alpha value is -0.670. The highest BCUT2D eigenvalue weighted by molar-refractivity contribution is 7.12. The lowest BCUT2D eigenvalue weighted by Gasteiger charge is -2.29. The lowest BCUT2D eigenvalue weighted by molar-refractivity contribution is 0.0338. The van der Waals surface area contributed by atoms with Crippen LogP contribution in [-0.2, 0) is 0 Å². The van der Waals surface area contributed by atoms with E-state index in [1.54, 1.807) is 0 Å². The van der Waals surface area contributed by atoms with Crippen LogP contribution >= 0.6 is 11.3 Å². The van der Waals surface area contributed by atoms with Crippen molar-refractivity contribution in [2.24, 2.45) is 5.41 Å². The molecular formula is C12H14O2S. The summed E-state index contributed by atoms with van der Waals surface area (Å²) in [6.07, 6.45) is 1.54. The molecule has 1 saturated carbocycles. The van der Waals surface area contributed by atoms with Gasteiger partial charge in [-0.2, -0.15) is 0 Å². The number of hydrogen-bond acceptors (Lipinski definition) is 3. The zero-order chi connectivity index (χ0) is 10.8. The van der Waals surface area contributed by atoms with E-state index in [0.717, 1.165) is 23.3 Å². The standard InChI is InChI=1S/C12H14O2S/c1-11-4-5-12(2,14)9(11)7-3-6-15-8(7)10(11)13/h3,6,9,14H,4-5H2,1-2H3. The summed E-state index contributed by atoms with van der Waals surface area (Å²) in [5.41, 5.74) is 0.0258. The number of hydrogen-bond donors (Lipinski definition) is 1. The minimum Gasteiger partial charge on any atom is -0.390 e. The van der Waals surface area contributed by atoms with Gasteiger partial charge in [-0.15, -0.1) is 11.3 Å². The number of carbonyl (C=O) groups excluding carboxylic acids is 1. The molecule has 1 aromatic rings. The summed E-state index contributed by atoms with van der Waals surface area (Å²) < 4.78 is 0. The van der Waals surface area contributed by atoms with Gasteiger partial charge >= 0.3 is 0 Å². The molecule has 1 heterocycles. The van der Waals surface area contributed by atoms with Crippen molar-refractivity contribution in [1.82, 2.24) is 0 Å². The van der Waals surface area contributed by atoms with Gasteiger partial charge in [-0.1, -0.05) is 6.92 Å². The van der Waals surface area contributed by atoms with Crippen molar-refractivity contribution in [2.45, 2.75) is 38.2 Å². The van der Waals surface area contributed by atoms with E-state index in [1.165, 1.54) is 11.3 Å². The molecule has 0 spiro atoms. The first-order valence-electron chi connectivity index (χ1n) is 5.31. The van der Waals surface area contributed by atoms with Crippen LogP contribution in [0.25, 0.3) is 0 Å². The lowest BCUT2D eigenvalue weighted by atomic mass is 9.76. The van der Waals surface area contributed by atoms with Crippen molar-refractivity contribution in [2.75, 3.05) is 0 Å². The molecule has 2 nitrogen and oxygen atoms in total. The Morgan fingerprint density at radius 3 is 2.93 bits per heavy atom. The second kappa shape index (κ2) is 2.53. The van der Waals surface area contributed by atoms with Crippen LogP contribution < -0.4 is 0 Å². The second-order valence-corrected chi connectivity index (χ2v) is 6.16. The van der Waals surface area contributed by atoms with E-state index >= 15 is 0 Å². The summed E-state index contributed by atoms with van der Waals surface area (Å²) in [6, 6.07) is 2.01. The van der Waals surface area contributed by atoms with E-state index in [1.807, 2.05) is 25.3 Å². The molecule has 80 valence electrons. The van der Waals surface area contributed by atoms with Crippen molar-refractivity contribution in [3.05, 3.63) is 21.9 Å². The Morgan fingerprint density at radius 2 is 2.20 bits per heavy atom. The molecule has 3 heteroatoms. The highest BCUT2D eigenvalue weighted by atomic mass is 32.1. The SMILES string of the molecule is CC1(O)CCC2(C)C(=O)c3sccc3C12. The monoisotopic (exact) mass is 222 g/mol. The van der Waals surface area contributed by atoms with Crippen molar-refractivity contribution >= 4 is 17.1 Å². The maximum atomic E-state index is 12.2. The van der Waals surface area contributed by atoms with E-state index in [4.69, 9.17) is 0 Å². The Labute approximate surface area is 92.9 Å². The molecule has 0 amide bonds. The zero-order valence-electron chi connectivity index (χ0n) is 8.91. The van der Waals surface area contributed by atoms with E-state index in [2.05, 4.69) is 0 Å². The number of thiophene rings is 1. The highest BCUT2D eigenvalue weighted by Gasteiger charge is 2.61. The summed E-state index contributed by atoms with van der Waals surface area (Å²) in [6.45, 7) is 3.87. The number of aliphatic hydroxyl groups is 1. The normalized spacial score (nSPS) is 43.1. The number of carbonyl (C=O) groups is 1. The minimum absolute atomic E-state index is 0.0127. The maximum absolute atomic E-state index is 12.2. The lowest BCUT2D eigenvalue weighted by Crippen LogP contribution is -2.33. The van der Waals surface area contributed by atoms with Crippen molar-refractivity contribution in [3.63, 3.8) is 0 Å². The molecule has 3 rings (SSSR count). The Bertz CT molecular complexity index is 446. The summed E-state index contributed by atoms with van der Waals surface area (Å²) in [5.74, 6) is 0.258. The molecule has 0 bridgehead atoms. The molecule has 0 aromatic carbocycles. The third kappa shape index (κ3) is 0.955. The van der Waals surface area contributed by atoms with Gasteiger partial charge in [-0.3, -0.25) is 4.79 Å².